The van der Waals surface area contributed by atoms with Crippen molar-refractivity contribution in [3.8, 4) is 0 Å². The number of halogens is 1. The average Bonchev–Trinajstić information content (AvgIpc) is 2.31. The van der Waals surface area contributed by atoms with Gasteiger partial charge in [-0.05, 0) is 41.4 Å². The van der Waals surface area contributed by atoms with Crippen LogP contribution in [0.5, 0.6) is 0 Å². The molecule has 0 bridgehead atoms. The predicted octanol–water partition coefficient (Wildman–Crippen LogP) is 2.15. The van der Waals surface area contributed by atoms with Gasteiger partial charge in [-0.1, -0.05) is 0 Å². The smallest absolute Gasteiger partial charge is 0.186 e. The Balaban J connectivity index is 2.89. The molecule has 13 heavy (non-hydrogen) atoms. The minimum Gasteiger partial charge on any atom is -0.370 e. The lowest BCUT2D eigenvalue weighted by Gasteiger charge is -2.02. The van der Waals surface area contributed by atoms with E-state index in [9.17, 15) is 0 Å². The van der Waals surface area contributed by atoms with Crippen LogP contribution < -0.4 is 11.5 Å². The van der Waals surface area contributed by atoms with Gasteiger partial charge in [0.1, 0.15) is 0 Å². The number of nitrogens with two attached hydrogens (primary N) is 2. The number of hydrogen-bond acceptors (Lipinski definition) is 2. The van der Waals surface area contributed by atoms with Crippen LogP contribution in [0.15, 0.2) is 14.8 Å². The summed E-state index contributed by atoms with van der Waals surface area (Å²) in [5.41, 5.74) is 11.8. The van der Waals surface area contributed by atoms with Crippen molar-refractivity contribution < 1.29 is 0 Å². The Morgan fingerprint density at radius 2 is 2.23 bits per heavy atom. The molecule has 0 amide bonds. The Kier molecular flexibility index (Phi) is 3.33. The van der Waals surface area contributed by atoms with Crippen molar-refractivity contribution in [3.63, 3.8) is 0 Å². The molecule has 0 aliphatic rings. The second kappa shape index (κ2) is 4.11. The first-order valence-electron chi connectivity index (χ1n) is 3.85. The van der Waals surface area contributed by atoms with E-state index in [1.54, 1.807) is 11.3 Å². The lowest BCUT2D eigenvalue weighted by molar-refractivity contribution is 0.834. The Labute approximate surface area is 90.0 Å². The van der Waals surface area contributed by atoms with Gasteiger partial charge >= 0.3 is 0 Å². The highest BCUT2D eigenvalue weighted by Crippen LogP contribution is 2.32. The van der Waals surface area contributed by atoms with Crippen LogP contribution in [0.1, 0.15) is 23.4 Å². The molecule has 1 aromatic rings. The van der Waals surface area contributed by atoms with Crippen molar-refractivity contribution in [1.82, 2.24) is 0 Å². The quantitative estimate of drug-likeness (QED) is 0.633. The molecule has 0 fully saturated rings. The first-order chi connectivity index (χ1) is 6.00. The standard InChI is InChI=1S/C8H12BrN3S/c1-4-3-6(13-7(4)9)5(2)12-8(10)11/h3,5H,1-2H3,(H4,10,11,12)/t5-/m1/s1. The number of hydrogen-bond donors (Lipinski definition) is 2. The monoisotopic (exact) mass is 261 g/mol. The summed E-state index contributed by atoms with van der Waals surface area (Å²) < 4.78 is 1.14. The first kappa shape index (κ1) is 10.5. The fourth-order valence-corrected chi connectivity index (χ4v) is 2.54. The minimum absolute atomic E-state index is 0.0417. The van der Waals surface area contributed by atoms with Crippen LogP contribution in [0.3, 0.4) is 0 Å². The maximum atomic E-state index is 5.30. The number of thiophene rings is 1. The van der Waals surface area contributed by atoms with Crippen molar-refractivity contribution in [2.24, 2.45) is 16.5 Å². The largest absolute Gasteiger partial charge is 0.370 e. The van der Waals surface area contributed by atoms with Crippen LogP contribution in [-0.2, 0) is 0 Å². The summed E-state index contributed by atoms with van der Waals surface area (Å²) in [6.07, 6.45) is 0. The molecule has 0 aliphatic carbocycles. The molecule has 0 spiro atoms. The van der Waals surface area contributed by atoms with Gasteiger partial charge in [0.05, 0.1) is 9.83 Å². The molecule has 0 radical (unpaired) electrons. The highest BCUT2D eigenvalue weighted by molar-refractivity contribution is 9.11. The van der Waals surface area contributed by atoms with E-state index in [2.05, 4.69) is 27.0 Å². The van der Waals surface area contributed by atoms with Crippen molar-refractivity contribution in [2.75, 3.05) is 0 Å². The third-order valence-electron chi connectivity index (χ3n) is 1.63. The number of aryl methyl sites for hydroxylation is 1. The summed E-state index contributed by atoms with van der Waals surface area (Å²) in [6, 6.07) is 2.13. The maximum Gasteiger partial charge on any atom is 0.186 e. The fourth-order valence-electron chi connectivity index (χ4n) is 0.977. The van der Waals surface area contributed by atoms with Crippen molar-refractivity contribution in [2.45, 2.75) is 19.9 Å². The van der Waals surface area contributed by atoms with Crippen molar-refractivity contribution in [1.29, 1.82) is 0 Å². The molecule has 0 aliphatic heterocycles. The Morgan fingerprint density at radius 3 is 2.62 bits per heavy atom. The first-order valence-corrected chi connectivity index (χ1v) is 5.46. The van der Waals surface area contributed by atoms with Crippen LogP contribution in [0, 0.1) is 6.92 Å². The van der Waals surface area contributed by atoms with E-state index < -0.39 is 0 Å². The average molecular weight is 262 g/mol. The number of nitrogens with zero attached hydrogens (tertiary/aromatic N) is 1. The molecule has 1 rings (SSSR count). The van der Waals surface area contributed by atoms with E-state index in [-0.39, 0.29) is 12.0 Å². The third kappa shape index (κ3) is 2.70. The molecule has 1 heterocycles. The molecule has 0 aromatic carbocycles. The third-order valence-corrected chi connectivity index (χ3v) is 3.94. The summed E-state index contributed by atoms with van der Waals surface area (Å²) in [5.74, 6) is 0.134. The molecule has 5 heteroatoms. The highest BCUT2D eigenvalue weighted by atomic mass is 79.9. The van der Waals surface area contributed by atoms with Crippen molar-refractivity contribution in [3.05, 3.63) is 20.3 Å². The van der Waals surface area contributed by atoms with Gasteiger partial charge < -0.3 is 11.5 Å². The van der Waals surface area contributed by atoms with Crippen LogP contribution in [0.4, 0.5) is 0 Å². The van der Waals surface area contributed by atoms with E-state index in [4.69, 9.17) is 11.5 Å². The zero-order chi connectivity index (χ0) is 10.0. The topological polar surface area (TPSA) is 64.4 Å². The lowest BCUT2D eigenvalue weighted by Crippen LogP contribution is -2.23. The summed E-state index contributed by atoms with van der Waals surface area (Å²) in [6.45, 7) is 4.02. The van der Waals surface area contributed by atoms with Gasteiger partial charge in [0.2, 0.25) is 0 Å². The second-order valence-electron chi connectivity index (χ2n) is 2.84. The van der Waals surface area contributed by atoms with Crippen molar-refractivity contribution >= 4 is 33.2 Å². The SMILES string of the molecule is Cc1cc([C@@H](C)N=C(N)N)sc1Br. The molecule has 0 saturated carbocycles. The fraction of sp³-hybridized carbons (Fsp3) is 0.375. The lowest BCUT2D eigenvalue weighted by atomic mass is 10.2. The normalized spacial score (nSPS) is 12.5. The van der Waals surface area contributed by atoms with Gasteiger partial charge in [-0.25, -0.2) is 4.99 Å². The number of rotatable bonds is 2. The molecular formula is C8H12BrN3S. The molecule has 1 atom stereocenters. The van der Waals surface area contributed by atoms with Gasteiger partial charge in [0, 0.05) is 4.88 Å². The molecule has 0 saturated heterocycles. The van der Waals surface area contributed by atoms with E-state index in [0.717, 1.165) is 8.66 Å². The Morgan fingerprint density at radius 1 is 1.62 bits per heavy atom. The van der Waals surface area contributed by atoms with E-state index in [1.807, 2.05) is 13.8 Å². The summed E-state index contributed by atoms with van der Waals surface area (Å²) in [5, 5.41) is 0. The minimum atomic E-state index is 0.0417. The van der Waals surface area contributed by atoms with Gasteiger partial charge in [-0.2, -0.15) is 0 Å². The predicted molar refractivity (Wildman–Crippen MR) is 61.0 cm³/mol. The highest BCUT2D eigenvalue weighted by Gasteiger charge is 2.09. The summed E-state index contributed by atoms with van der Waals surface area (Å²) in [7, 11) is 0. The molecule has 4 N–H and O–H groups in total. The van der Waals surface area contributed by atoms with Gasteiger partial charge in [0.15, 0.2) is 5.96 Å². The molecule has 0 unspecified atom stereocenters. The zero-order valence-electron chi connectivity index (χ0n) is 7.54. The van der Waals surface area contributed by atoms with Crippen LogP contribution in [0.2, 0.25) is 0 Å². The zero-order valence-corrected chi connectivity index (χ0v) is 9.95. The van der Waals surface area contributed by atoms with E-state index >= 15 is 0 Å². The van der Waals surface area contributed by atoms with E-state index in [1.165, 1.54) is 5.56 Å². The van der Waals surface area contributed by atoms with E-state index in [0.29, 0.717) is 0 Å². The Hall–Kier alpha value is -0.550. The molecule has 72 valence electrons. The molecule has 3 nitrogen and oxygen atoms in total. The van der Waals surface area contributed by atoms with Crippen LogP contribution in [0.25, 0.3) is 0 Å². The maximum absolute atomic E-state index is 5.30. The van der Waals surface area contributed by atoms with Crippen LogP contribution >= 0.6 is 27.3 Å². The molecular weight excluding hydrogens is 250 g/mol. The summed E-state index contributed by atoms with van der Waals surface area (Å²) >= 11 is 5.12. The molecule has 1 aromatic heterocycles. The number of aliphatic imine (C=N–C) groups is 1. The summed E-state index contributed by atoms with van der Waals surface area (Å²) in [4.78, 5) is 5.23. The number of guanidine groups is 1. The van der Waals surface area contributed by atoms with Gasteiger partial charge in [-0.15, -0.1) is 11.3 Å². The van der Waals surface area contributed by atoms with Crippen LogP contribution in [-0.4, -0.2) is 5.96 Å². The second-order valence-corrected chi connectivity index (χ2v) is 5.24. The van der Waals surface area contributed by atoms with Gasteiger partial charge in [-0.3, -0.25) is 0 Å². The van der Waals surface area contributed by atoms with Gasteiger partial charge in [0.25, 0.3) is 0 Å². The Bertz CT molecular complexity index is 309.